The van der Waals surface area contributed by atoms with Crippen molar-refractivity contribution >= 4 is 28.2 Å². The number of rotatable bonds is 4. The standard InChI is InChI=1S/C26H34N2O3S/c1-25(2,3)18-4-5-19-20(13-27)23(32-21(19)9-18)28-22(29)14-31-24(30)26-10-15-6-16(11-26)8-17(7-15)12-26/h15-18H,4-12,14H2,1-3H3,(H,28,29)/t15?,16?,17?,18-,26?/m1/s1. The maximum absolute atomic E-state index is 13.0. The van der Waals surface area contributed by atoms with Crippen LogP contribution in [0.15, 0.2) is 0 Å². The van der Waals surface area contributed by atoms with Gasteiger partial charge in [-0.15, -0.1) is 11.3 Å². The fourth-order valence-electron chi connectivity index (χ4n) is 7.34. The smallest absolute Gasteiger partial charge is 0.312 e. The first kappa shape index (κ1) is 21.9. The predicted octanol–water partition coefficient (Wildman–Crippen LogP) is 5.47. The van der Waals surface area contributed by atoms with E-state index in [9.17, 15) is 14.9 Å². The van der Waals surface area contributed by atoms with Crippen LogP contribution >= 0.6 is 11.3 Å². The quantitative estimate of drug-likeness (QED) is 0.612. The topological polar surface area (TPSA) is 79.2 Å². The lowest BCUT2D eigenvalue weighted by Gasteiger charge is -2.55. The van der Waals surface area contributed by atoms with E-state index in [4.69, 9.17) is 4.74 Å². The third-order valence-corrected chi connectivity index (χ3v) is 9.83. The zero-order valence-corrected chi connectivity index (χ0v) is 20.3. The van der Waals surface area contributed by atoms with Gasteiger partial charge in [-0.3, -0.25) is 9.59 Å². The van der Waals surface area contributed by atoms with E-state index < -0.39 is 0 Å². The van der Waals surface area contributed by atoms with Gasteiger partial charge in [-0.05, 0) is 92.4 Å². The van der Waals surface area contributed by atoms with E-state index in [1.165, 1.54) is 35.5 Å². The number of carbonyl (C=O) groups excluding carboxylic acids is 2. The molecule has 5 aliphatic rings. The molecular weight excluding hydrogens is 420 g/mol. The van der Waals surface area contributed by atoms with Crippen LogP contribution in [0.3, 0.4) is 0 Å². The number of ether oxygens (including phenoxy) is 1. The van der Waals surface area contributed by atoms with Gasteiger partial charge in [0.2, 0.25) is 0 Å². The summed E-state index contributed by atoms with van der Waals surface area (Å²) in [5.41, 5.74) is 1.57. The van der Waals surface area contributed by atoms with E-state index in [-0.39, 0.29) is 29.3 Å². The van der Waals surface area contributed by atoms with Crippen molar-refractivity contribution in [2.75, 3.05) is 11.9 Å². The summed E-state index contributed by atoms with van der Waals surface area (Å²) in [5.74, 6) is 2.04. The summed E-state index contributed by atoms with van der Waals surface area (Å²) < 4.78 is 5.57. The van der Waals surface area contributed by atoms with Gasteiger partial charge in [-0.25, -0.2) is 0 Å². The molecule has 5 nitrogen and oxygen atoms in total. The van der Waals surface area contributed by atoms with Crippen LogP contribution < -0.4 is 5.32 Å². The molecule has 0 unspecified atom stereocenters. The Morgan fingerprint density at radius 3 is 2.34 bits per heavy atom. The normalized spacial score (nSPS) is 32.8. The van der Waals surface area contributed by atoms with E-state index in [2.05, 4.69) is 32.2 Å². The highest BCUT2D eigenvalue weighted by Crippen LogP contribution is 2.60. The molecule has 172 valence electrons. The van der Waals surface area contributed by atoms with Crippen LogP contribution in [0.25, 0.3) is 0 Å². The highest BCUT2D eigenvalue weighted by Gasteiger charge is 2.55. The minimum atomic E-state index is -0.350. The summed E-state index contributed by atoms with van der Waals surface area (Å²) in [6, 6.07) is 2.30. The Hall–Kier alpha value is -1.87. The first-order valence-corrected chi connectivity index (χ1v) is 13.0. The molecular formula is C26H34N2O3S. The van der Waals surface area contributed by atoms with Gasteiger partial charge in [-0.1, -0.05) is 20.8 Å². The van der Waals surface area contributed by atoms with Gasteiger partial charge in [0, 0.05) is 4.88 Å². The Kier molecular flexibility index (Phi) is 5.40. The molecule has 32 heavy (non-hydrogen) atoms. The molecule has 1 amide bonds. The van der Waals surface area contributed by atoms with Crippen LogP contribution in [0.5, 0.6) is 0 Å². The van der Waals surface area contributed by atoms with E-state index >= 15 is 0 Å². The Labute approximate surface area is 194 Å². The van der Waals surface area contributed by atoms with Gasteiger partial charge in [0.25, 0.3) is 5.91 Å². The number of fused-ring (bicyclic) bond motifs is 1. The average molecular weight is 455 g/mol. The highest BCUT2D eigenvalue weighted by molar-refractivity contribution is 7.16. The third kappa shape index (κ3) is 3.87. The molecule has 1 aromatic rings. The van der Waals surface area contributed by atoms with Crippen molar-refractivity contribution in [1.29, 1.82) is 5.26 Å². The van der Waals surface area contributed by atoms with Crippen LogP contribution in [0, 0.1) is 45.8 Å². The number of esters is 1. The number of amides is 1. The van der Waals surface area contributed by atoms with Gasteiger partial charge in [-0.2, -0.15) is 5.26 Å². The minimum absolute atomic E-state index is 0.175. The van der Waals surface area contributed by atoms with Crippen LogP contribution in [-0.4, -0.2) is 18.5 Å². The number of hydrogen-bond acceptors (Lipinski definition) is 5. The Morgan fingerprint density at radius 2 is 1.78 bits per heavy atom. The van der Waals surface area contributed by atoms with E-state index in [0.717, 1.165) is 44.1 Å². The summed E-state index contributed by atoms with van der Waals surface area (Å²) in [6.45, 7) is 6.53. The van der Waals surface area contributed by atoms with Gasteiger partial charge in [0.1, 0.15) is 11.1 Å². The fraction of sp³-hybridized carbons (Fsp3) is 0.731. The number of hydrogen-bond donors (Lipinski definition) is 1. The second-order valence-electron chi connectivity index (χ2n) is 11.9. The molecule has 0 saturated heterocycles. The first-order chi connectivity index (χ1) is 15.2. The Bertz CT molecular complexity index is 945. The predicted molar refractivity (Wildman–Crippen MR) is 124 cm³/mol. The van der Waals surface area contributed by atoms with Crippen molar-refractivity contribution in [2.24, 2.45) is 34.5 Å². The van der Waals surface area contributed by atoms with E-state index in [1.807, 2.05) is 0 Å². The molecule has 0 radical (unpaired) electrons. The minimum Gasteiger partial charge on any atom is -0.455 e. The zero-order valence-electron chi connectivity index (χ0n) is 19.5. The highest BCUT2D eigenvalue weighted by atomic mass is 32.1. The molecule has 6 rings (SSSR count). The fourth-order valence-corrected chi connectivity index (χ4v) is 8.63. The van der Waals surface area contributed by atoms with E-state index in [1.54, 1.807) is 0 Å². The van der Waals surface area contributed by atoms with Gasteiger partial charge in [0.05, 0.1) is 11.0 Å². The lowest BCUT2D eigenvalue weighted by molar-refractivity contribution is -0.172. The molecule has 0 spiro atoms. The molecule has 0 aliphatic heterocycles. The summed E-state index contributed by atoms with van der Waals surface area (Å²) in [6.07, 6.45) is 9.51. The van der Waals surface area contributed by atoms with Crippen molar-refractivity contribution in [3.63, 3.8) is 0 Å². The maximum atomic E-state index is 13.0. The summed E-state index contributed by atoms with van der Waals surface area (Å²) in [5, 5.41) is 13.2. The van der Waals surface area contributed by atoms with Crippen LogP contribution in [0.4, 0.5) is 5.00 Å². The monoisotopic (exact) mass is 454 g/mol. The SMILES string of the molecule is CC(C)(C)[C@@H]1CCc2c(sc(NC(=O)COC(=O)C34CC5CC(CC(C5)C3)C4)c2C#N)C1. The second-order valence-corrected chi connectivity index (χ2v) is 13.1. The lowest BCUT2D eigenvalue weighted by atomic mass is 9.49. The molecule has 4 fully saturated rings. The number of anilines is 1. The van der Waals surface area contributed by atoms with Crippen LogP contribution in [0.2, 0.25) is 0 Å². The third-order valence-electron chi connectivity index (χ3n) is 8.66. The first-order valence-electron chi connectivity index (χ1n) is 12.2. The van der Waals surface area contributed by atoms with Gasteiger partial charge in [0.15, 0.2) is 6.61 Å². The van der Waals surface area contributed by atoms with Crippen LogP contribution in [0.1, 0.15) is 81.7 Å². The zero-order chi connectivity index (χ0) is 22.7. The number of thiophene rings is 1. The molecule has 5 aliphatic carbocycles. The molecule has 1 aromatic heterocycles. The molecule has 4 bridgehead atoms. The van der Waals surface area contributed by atoms with Crippen molar-refractivity contribution in [3.05, 3.63) is 16.0 Å². The number of nitrogens with zero attached hydrogens (tertiary/aromatic N) is 1. The largest absolute Gasteiger partial charge is 0.455 e. The van der Waals surface area contributed by atoms with E-state index in [0.29, 0.717) is 34.2 Å². The Morgan fingerprint density at radius 1 is 1.16 bits per heavy atom. The maximum Gasteiger partial charge on any atom is 0.312 e. The number of carbonyl (C=O) groups is 2. The molecule has 1 heterocycles. The van der Waals surface area contributed by atoms with Gasteiger partial charge < -0.3 is 10.1 Å². The van der Waals surface area contributed by atoms with Crippen molar-refractivity contribution < 1.29 is 14.3 Å². The Balaban J connectivity index is 1.22. The molecule has 1 N–H and O–H groups in total. The molecule has 6 heteroatoms. The number of nitriles is 1. The lowest BCUT2D eigenvalue weighted by Crippen LogP contribution is -2.50. The van der Waals surface area contributed by atoms with Crippen molar-refractivity contribution in [3.8, 4) is 6.07 Å². The number of nitrogens with one attached hydrogen (secondary N) is 1. The van der Waals surface area contributed by atoms with Crippen LogP contribution in [-0.2, 0) is 27.2 Å². The van der Waals surface area contributed by atoms with Gasteiger partial charge >= 0.3 is 5.97 Å². The summed E-state index contributed by atoms with van der Waals surface area (Å²) in [4.78, 5) is 26.9. The molecule has 1 atom stereocenters. The van der Waals surface area contributed by atoms with Crippen molar-refractivity contribution in [1.82, 2.24) is 0 Å². The second kappa shape index (κ2) is 7.87. The summed E-state index contributed by atoms with van der Waals surface area (Å²) in [7, 11) is 0. The van der Waals surface area contributed by atoms with Crippen molar-refractivity contribution in [2.45, 2.75) is 78.6 Å². The molecule has 0 aromatic carbocycles. The average Bonchev–Trinajstić information content (AvgIpc) is 3.06. The molecule has 4 saturated carbocycles. The summed E-state index contributed by atoms with van der Waals surface area (Å²) >= 11 is 1.52.